The van der Waals surface area contributed by atoms with Crippen LogP contribution in [0.5, 0.6) is 5.75 Å². The maximum Gasteiger partial charge on any atom is 0.415 e. The molecule has 13 heteroatoms. The predicted molar refractivity (Wildman–Crippen MR) is 79.5 cm³/mol. The van der Waals surface area contributed by atoms with Crippen LogP contribution in [0.2, 0.25) is 0 Å². The van der Waals surface area contributed by atoms with Gasteiger partial charge in [-0.15, -0.1) is 0 Å². The summed E-state index contributed by atoms with van der Waals surface area (Å²) in [5, 5.41) is -4.80. The quantitative estimate of drug-likeness (QED) is 0.377. The highest BCUT2D eigenvalue weighted by Gasteiger charge is 2.64. The number of ether oxygens (including phenoxy) is 1. The Morgan fingerprint density at radius 1 is 1.29 bits per heavy atom. The molecule has 0 saturated heterocycles. The van der Waals surface area contributed by atoms with Crippen molar-refractivity contribution in [1.29, 1.82) is 0 Å². The number of benzene rings is 1. The number of nitrogens with one attached hydrogen (secondary N) is 1. The van der Waals surface area contributed by atoms with Gasteiger partial charge in [-0.3, -0.25) is 9.35 Å². The number of carbonyl (C=O) groups is 1. The molecule has 0 aromatic heterocycles. The number of carbonyl (C=O) groups excluding carboxylic acids is 1. The number of halogens is 6. The third-order valence-electron chi connectivity index (χ3n) is 2.69. The van der Waals surface area contributed by atoms with E-state index in [2.05, 4.69) is 0 Å². The van der Waals surface area contributed by atoms with Gasteiger partial charge in [0.25, 0.3) is 5.91 Å². The monoisotopic (exact) mass is 489 g/mol. The minimum Gasteiger partial charge on any atom is -0.496 e. The molecule has 0 radical (unpaired) electrons. The summed E-state index contributed by atoms with van der Waals surface area (Å²) in [7, 11) is -5.34. The summed E-state index contributed by atoms with van der Waals surface area (Å²) in [5.74, 6) is -1.87. The van der Waals surface area contributed by atoms with Gasteiger partial charge in [-0.2, -0.15) is 30.4 Å². The van der Waals surface area contributed by atoms with Crippen LogP contribution in [0.1, 0.15) is 10.4 Å². The van der Waals surface area contributed by atoms with Crippen molar-refractivity contribution in [3.63, 3.8) is 0 Å². The molecular formula is C11H9F5INO5S. The van der Waals surface area contributed by atoms with E-state index in [1.807, 2.05) is 0 Å². The maximum absolute atomic E-state index is 13.4. The molecule has 0 saturated carbocycles. The molecule has 1 atom stereocenters. The van der Waals surface area contributed by atoms with Crippen LogP contribution in [-0.2, 0) is 10.1 Å². The van der Waals surface area contributed by atoms with E-state index in [9.17, 15) is 35.2 Å². The molecule has 1 unspecified atom stereocenters. The van der Waals surface area contributed by atoms with Gasteiger partial charge in [0, 0.05) is 3.57 Å². The van der Waals surface area contributed by atoms with E-state index < -0.39 is 39.1 Å². The molecule has 6 nitrogen and oxygen atoms in total. The van der Waals surface area contributed by atoms with Crippen LogP contribution < -0.4 is 10.1 Å². The van der Waals surface area contributed by atoms with Gasteiger partial charge >= 0.3 is 21.5 Å². The standard InChI is InChI=1S/C11H9F5INO5S/c1-23-7-4-5(17)2-3-6(7)8(19)18-9(10(12,13)14)11(15,16)24(20,21)22/h2-4,9H,1H3,(H,18,19)(H,20,21,22). The van der Waals surface area contributed by atoms with Gasteiger partial charge < -0.3 is 10.1 Å². The fourth-order valence-corrected chi connectivity index (χ4v) is 2.52. The van der Waals surface area contributed by atoms with Crippen LogP contribution in [0.15, 0.2) is 18.2 Å². The van der Waals surface area contributed by atoms with Crippen molar-refractivity contribution < 1.29 is 44.5 Å². The zero-order chi connectivity index (χ0) is 18.9. The Hall–Kier alpha value is -1.22. The molecule has 0 spiro atoms. The highest BCUT2D eigenvalue weighted by molar-refractivity contribution is 14.1. The Bertz CT molecular complexity index is 737. The van der Waals surface area contributed by atoms with Crippen LogP contribution in [0.3, 0.4) is 0 Å². The summed E-state index contributed by atoms with van der Waals surface area (Å²) in [6.45, 7) is 0. The van der Waals surface area contributed by atoms with Gasteiger partial charge in [-0.25, -0.2) is 0 Å². The van der Waals surface area contributed by atoms with Gasteiger partial charge in [0.15, 0.2) is 0 Å². The predicted octanol–water partition coefficient (Wildman–Crippen LogP) is 2.44. The van der Waals surface area contributed by atoms with Crippen molar-refractivity contribution in [1.82, 2.24) is 5.32 Å². The lowest BCUT2D eigenvalue weighted by atomic mass is 10.1. The molecule has 0 aliphatic heterocycles. The zero-order valence-electron chi connectivity index (χ0n) is 11.6. The van der Waals surface area contributed by atoms with Gasteiger partial charge in [0.1, 0.15) is 5.75 Å². The number of hydrogen-bond acceptors (Lipinski definition) is 4. The molecule has 2 N–H and O–H groups in total. The van der Waals surface area contributed by atoms with Crippen LogP contribution in [-0.4, -0.2) is 43.5 Å². The molecule has 0 aliphatic rings. The van der Waals surface area contributed by atoms with Crippen molar-refractivity contribution in [3.8, 4) is 5.75 Å². The van der Waals surface area contributed by atoms with Crippen molar-refractivity contribution in [2.45, 2.75) is 17.5 Å². The minimum atomic E-state index is -6.44. The van der Waals surface area contributed by atoms with E-state index in [-0.39, 0.29) is 5.75 Å². The lowest BCUT2D eigenvalue weighted by molar-refractivity contribution is -0.191. The van der Waals surface area contributed by atoms with E-state index in [1.54, 1.807) is 22.6 Å². The van der Waals surface area contributed by atoms with E-state index in [1.165, 1.54) is 12.1 Å². The Morgan fingerprint density at radius 3 is 2.25 bits per heavy atom. The van der Waals surface area contributed by atoms with E-state index in [4.69, 9.17) is 9.29 Å². The third-order valence-corrected chi connectivity index (χ3v) is 4.29. The fourth-order valence-electron chi connectivity index (χ4n) is 1.57. The summed E-state index contributed by atoms with van der Waals surface area (Å²) in [4.78, 5) is 11.9. The molecule has 1 aromatic rings. The van der Waals surface area contributed by atoms with Gasteiger partial charge in [-0.1, -0.05) is 0 Å². The molecule has 1 rings (SSSR count). The Labute approximate surface area is 146 Å². The van der Waals surface area contributed by atoms with Crippen LogP contribution in [0.25, 0.3) is 0 Å². The van der Waals surface area contributed by atoms with Crippen LogP contribution in [0, 0.1) is 3.57 Å². The summed E-state index contributed by atoms with van der Waals surface area (Å²) in [5.41, 5.74) is -0.529. The molecule has 0 heterocycles. The van der Waals surface area contributed by atoms with Crippen molar-refractivity contribution >= 4 is 38.6 Å². The maximum atomic E-state index is 13.4. The SMILES string of the molecule is COc1cc(I)ccc1C(=O)NC(C(F)(F)F)C(F)(F)S(=O)(=O)O. The smallest absolute Gasteiger partial charge is 0.415 e. The first-order valence-electron chi connectivity index (χ1n) is 5.77. The van der Waals surface area contributed by atoms with E-state index in [0.29, 0.717) is 3.57 Å². The van der Waals surface area contributed by atoms with Crippen molar-refractivity contribution in [3.05, 3.63) is 27.3 Å². The molecule has 1 aromatic carbocycles. The first-order valence-corrected chi connectivity index (χ1v) is 8.29. The summed E-state index contributed by atoms with van der Waals surface area (Å²) in [6.07, 6.45) is -5.86. The average molecular weight is 489 g/mol. The molecule has 1 amide bonds. The largest absolute Gasteiger partial charge is 0.496 e. The van der Waals surface area contributed by atoms with Crippen LogP contribution >= 0.6 is 22.6 Å². The summed E-state index contributed by atoms with van der Waals surface area (Å²) in [6, 6.07) is -0.605. The first-order chi connectivity index (χ1) is 10.7. The molecular weight excluding hydrogens is 480 g/mol. The fraction of sp³-hybridized carbons (Fsp3) is 0.364. The number of hydrogen-bond donors (Lipinski definition) is 2. The molecule has 0 fully saturated rings. The first kappa shape index (κ1) is 20.8. The lowest BCUT2D eigenvalue weighted by Crippen LogP contribution is -2.59. The zero-order valence-corrected chi connectivity index (χ0v) is 14.5. The average Bonchev–Trinajstić information content (AvgIpc) is 2.41. The molecule has 0 aliphatic carbocycles. The Morgan fingerprint density at radius 2 is 1.83 bits per heavy atom. The Balaban J connectivity index is 3.29. The number of rotatable bonds is 5. The summed E-state index contributed by atoms with van der Waals surface area (Å²) < 4.78 is 99.9. The highest BCUT2D eigenvalue weighted by Crippen LogP contribution is 2.36. The Kier molecular flexibility index (Phi) is 6.03. The van der Waals surface area contributed by atoms with E-state index >= 15 is 0 Å². The van der Waals surface area contributed by atoms with Gasteiger partial charge in [0.2, 0.25) is 6.04 Å². The van der Waals surface area contributed by atoms with Gasteiger partial charge in [0.05, 0.1) is 12.7 Å². The number of amides is 1. The van der Waals surface area contributed by atoms with Crippen LogP contribution in [0.4, 0.5) is 22.0 Å². The van der Waals surface area contributed by atoms with E-state index in [0.717, 1.165) is 18.5 Å². The summed E-state index contributed by atoms with van der Waals surface area (Å²) >= 11 is 1.81. The second-order valence-corrected chi connectivity index (χ2v) is 7.07. The highest BCUT2D eigenvalue weighted by atomic mass is 127. The number of methoxy groups -OCH3 is 1. The second kappa shape index (κ2) is 6.95. The normalized spacial score (nSPS) is 14.2. The molecule has 136 valence electrons. The van der Waals surface area contributed by atoms with Gasteiger partial charge in [-0.05, 0) is 40.8 Å². The topological polar surface area (TPSA) is 92.7 Å². The minimum absolute atomic E-state index is 0.213. The van der Waals surface area contributed by atoms with Crippen molar-refractivity contribution in [2.75, 3.05) is 7.11 Å². The number of alkyl halides is 5. The molecule has 0 bridgehead atoms. The second-order valence-electron chi connectivity index (χ2n) is 4.33. The lowest BCUT2D eigenvalue weighted by Gasteiger charge is -2.27. The third kappa shape index (κ3) is 4.44. The van der Waals surface area contributed by atoms with Crippen molar-refractivity contribution in [2.24, 2.45) is 0 Å². The molecule has 24 heavy (non-hydrogen) atoms.